The summed E-state index contributed by atoms with van der Waals surface area (Å²) < 4.78 is 7.29. The van der Waals surface area contributed by atoms with E-state index in [-0.39, 0.29) is 18.0 Å². The normalized spacial score (nSPS) is 16.0. The van der Waals surface area contributed by atoms with Crippen molar-refractivity contribution < 1.29 is 4.42 Å². The molecule has 4 aromatic rings. The second-order valence-corrected chi connectivity index (χ2v) is 7.13. The molecule has 3 aromatic heterocycles. The fourth-order valence-electron chi connectivity index (χ4n) is 3.78. The van der Waals surface area contributed by atoms with E-state index < -0.39 is 0 Å². The van der Waals surface area contributed by atoms with Crippen LogP contribution in [0.3, 0.4) is 0 Å². The Hall–Kier alpha value is -3.36. The van der Waals surface area contributed by atoms with E-state index in [0.717, 1.165) is 5.56 Å². The third-order valence-corrected chi connectivity index (χ3v) is 5.49. The zero-order chi connectivity index (χ0) is 18.7. The molecule has 1 aliphatic rings. The SMILES string of the molecule is CC(C1CCC1)n1nc(-c2ccc3oc(N)nc3c2)c2c(N)nc(N)nc21. The number of anilines is 3. The molecule has 0 spiro atoms. The number of hydrogen-bond acceptors (Lipinski definition) is 8. The zero-order valence-electron chi connectivity index (χ0n) is 14.9. The number of rotatable bonds is 3. The van der Waals surface area contributed by atoms with Gasteiger partial charge in [-0.15, -0.1) is 0 Å². The topological polar surface area (TPSA) is 148 Å². The predicted octanol–water partition coefficient (Wildman–Crippen LogP) is 2.74. The Morgan fingerprint density at radius 1 is 1.15 bits per heavy atom. The van der Waals surface area contributed by atoms with Gasteiger partial charge in [-0.05, 0) is 43.9 Å². The highest BCUT2D eigenvalue weighted by molar-refractivity contribution is 6.00. The minimum Gasteiger partial charge on any atom is -0.424 e. The van der Waals surface area contributed by atoms with Crippen LogP contribution in [0.2, 0.25) is 0 Å². The van der Waals surface area contributed by atoms with Gasteiger partial charge in [0.15, 0.2) is 11.2 Å². The molecule has 1 aromatic carbocycles. The number of hydrogen-bond donors (Lipinski definition) is 3. The number of aromatic nitrogens is 5. The summed E-state index contributed by atoms with van der Waals surface area (Å²) in [6.45, 7) is 2.16. The smallest absolute Gasteiger partial charge is 0.292 e. The molecule has 6 N–H and O–H groups in total. The molecular formula is C18H20N8O. The van der Waals surface area contributed by atoms with Gasteiger partial charge >= 0.3 is 0 Å². The summed E-state index contributed by atoms with van der Waals surface area (Å²) in [6.07, 6.45) is 3.64. The van der Waals surface area contributed by atoms with Crippen LogP contribution in [0.15, 0.2) is 22.6 Å². The molecule has 3 heterocycles. The van der Waals surface area contributed by atoms with Gasteiger partial charge in [-0.25, -0.2) is 4.68 Å². The summed E-state index contributed by atoms with van der Waals surface area (Å²) >= 11 is 0. The first kappa shape index (κ1) is 15.9. The molecule has 1 unspecified atom stereocenters. The minimum absolute atomic E-state index is 0.131. The van der Waals surface area contributed by atoms with Crippen LogP contribution in [0, 0.1) is 5.92 Å². The molecule has 1 aliphatic carbocycles. The molecule has 27 heavy (non-hydrogen) atoms. The summed E-state index contributed by atoms with van der Waals surface area (Å²) in [5.41, 5.74) is 21.2. The second kappa shape index (κ2) is 5.57. The summed E-state index contributed by atoms with van der Waals surface area (Å²) in [6, 6.07) is 5.94. The van der Waals surface area contributed by atoms with Crippen molar-refractivity contribution >= 4 is 39.9 Å². The molecule has 1 fully saturated rings. The Bertz CT molecular complexity index is 1170. The van der Waals surface area contributed by atoms with E-state index in [4.69, 9.17) is 26.7 Å². The highest BCUT2D eigenvalue weighted by atomic mass is 16.4. The fraction of sp³-hybridized carbons (Fsp3) is 0.333. The lowest BCUT2D eigenvalue weighted by Gasteiger charge is -2.31. The first-order valence-corrected chi connectivity index (χ1v) is 8.99. The standard InChI is InChI=1S/C18H20N8O/c1-8(9-3-2-4-9)26-16-13(15(19)23-17(20)24-16)14(25-26)10-5-6-12-11(7-10)22-18(21)27-12/h5-9H,2-4H2,1H3,(H2,21,22)(H4,19,20,23,24). The van der Waals surface area contributed by atoms with Crippen LogP contribution in [-0.2, 0) is 0 Å². The van der Waals surface area contributed by atoms with Gasteiger partial charge in [0, 0.05) is 5.56 Å². The average Bonchev–Trinajstić information content (AvgIpc) is 3.12. The molecule has 0 amide bonds. The maximum atomic E-state index is 6.21. The fourth-order valence-corrected chi connectivity index (χ4v) is 3.78. The van der Waals surface area contributed by atoms with Crippen molar-refractivity contribution in [2.45, 2.75) is 32.2 Å². The maximum Gasteiger partial charge on any atom is 0.292 e. The van der Waals surface area contributed by atoms with Crippen molar-refractivity contribution in [1.82, 2.24) is 24.7 Å². The molecule has 138 valence electrons. The molecule has 0 saturated heterocycles. The number of nitrogens with zero attached hydrogens (tertiary/aromatic N) is 5. The Morgan fingerprint density at radius 3 is 2.70 bits per heavy atom. The Morgan fingerprint density at radius 2 is 1.96 bits per heavy atom. The maximum absolute atomic E-state index is 6.21. The van der Waals surface area contributed by atoms with Crippen molar-refractivity contribution in [3.8, 4) is 11.3 Å². The molecule has 0 radical (unpaired) electrons. The van der Waals surface area contributed by atoms with E-state index in [1.54, 1.807) is 0 Å². The Kier molecular flexibility index (Phi) is 3.27. The largest absolute Gasteiger partial charge is 0.424 e. The number of nitrogens with two attached hydrogens (primary N) is 3. The molecule has 1 saturated carbocycles. The van der Waals surface area contributed by atoms with Crippen molar-refractivity contribution in [3.63, 3.8) is 0 Å². The molecule has 1 atom stereocenters. The van der Waals surface area contributed by atoms with E-state index in [0.29, 0.717) is 39.6 Å². The highest BCUT2D eigenvalue weighted by Gasteiger charge is 2.29. The number of oxazole rings is 1. The quantitative estimate of drug-likeness (QED) is 0.502. The predicted molar refractivity (Wildman–Crippen MR) is 104 cm³/mol. The lowest BCUT2D eigenvalue weighted by atomic mass is 9.80. The van der Waals surface area contributed by atoms with Crippen LogP contribution in [-0.4, -0.2) is 24.7 Å². The zero-order valence-corrected chi connectivity index (χ0v) is 14.9. The van der Waals surface area contributed by atoms with Crippen LogP contribution in [0.1, 0.15) is 32.2 Å². The Labute approximate surface area is 154 Å². The molecule has 9 heteroatoms. The van der Waals surface area contributed by atoms with Gasteiger partial charge in [-0.1, -0.05) is 6.42 Å². The third-order valence-electron chi connectivity index (χ3n) is 5.49. The third kappa shape index (κ3) is 2.38. The highest BCUT2D eigenvalue weighted by Crippen LogP contribution is 2.40. The van der Waals surface area contributed by atoms with Crippen molar-refractivity contribution in [1.29, 1.82) is 0 Å². The van der Waals surface area contributed by atoms with Crippen LogP contribution in [0.5, 0.6) is 0 Å². The number of fused-ring (bicyclic) bond motifs is 2. The molecule has 0 bridgehead atoms. The number of benzene rings is 1. The van der Waals surface area contributed by atoms with Crippen molar-refractivity contribution in [2.75, 3.05) is 17.2 Å². The van der Waals surface area contributed by atoms with E-state index in [1.807, 2.05) is 22.9 Å². The Balaban J connectivity index is 1.75. The van der Waals surface area contributed by atoms with Gasteiger partial charge in [0.2, 0.25) is 5.95 Å². The molecule has 0 aliphatic heterocycles. The van der Waals surface area contributed by atoms with Gasteiger partial charge in [-0.2, -0.15) is 20.1 Å². The van der Waals surface area contributed by atoms with Crippen molar-refractivity contribution in [3.05, 3.63) is 18.2 Å². The van der Waals surface area contributed by atoms with Crippen LogP contribution >= 0.6 is 0 Å². The van der Waals surface area contributed by atoms with Gasteiger partial charge < -0.3 is 21.6 Å². The van der Waals surface area contributed by atoms with E-state index in [1.165, 1.54) is 19.3 Å². The van der Waals surface area contributed by atoms with Gasteiger partial charge in [-0.3, -0.25) is 0 Å². The van der Waals surface area contributed by atoms with E-state index in [2.05, 4.69) is 21.9 Å². The van der Waals surface area contributed by atoms with E-state index in [9.17, 15) is 0 Å². The van der Waals surface area contributed by atoms with Crippen LogP contribution in [0.25, 0.3) is 33.4 Å². The van der Waals surface area contributed by atoms with Gasteiger partial charge in [0.25, 0.3) is 6.01 Å². The first-order chi connectivity index (χ1) is 13.0. The van der Waals surface area contributed by atoms with Crippen LogP contribution < -0.4 is 17.2 Å². The lowest BCUT2D eigenvalue weighted by Crippen LogP contribution is -2.24. The summed E-state index contributed by atoms with van der Waals surface area (Å²) in [5, 5.41) is 5.57. The second-order valence-electron chi connectivity index (χ2n) is 7.13. The molecule has 5 rings (SSSR count). The van der Waals surface area contributed by atoms with E-state index >= 15 is 0 Å². The summed E-state index contributed by atoms with van der Waals surface area (Å²) in [5.74, 6) is 1.05. The molecular weight excluding hydrogens is 344 g/mol. The minimum atomic E-state index is 0.131. The monoisotopic (exact) mass is 364 g/mol. The lowest BCUT2D eigenvalue weighted by molar-refractivity contribution is 0.214. The van der Waals surface area contributed by atoms with Crippen molar-refractivity contribution in [2.24, 2.45) is 5.92 Å². The van der Waals surface area contributed by atoms with Gasteiger partial charge in [0.05, 0.1) is 11.4 Å². The summed E-state index contributed by atoms with van der Waals surface area (Å²) in [4.78, 5) is 12.8. The van der Waals surface area contributed by atoms with Crippen LogP contribution in [0.4, 0.5) is 17.8 Å². The summed E-state index contributed by atoms with van der Waals surface area (Å²) in [7, 11) is 0. The number of nitrogen functional groups attached to an aromatic ring is 3. The molecule has 9 nitrogen and oxygen atoms in total. The first-order valence-electron chi connectivity index (χ1n) is 8.99. The average molecular weight is 364 g/mol. The van der Waals surface area contributed by atoms with Gasteiger partial charge in [0.1, 0.15) is 17.0 Å².